The second-order valence-electron chi connectivity index (χ2n) is 6.86. The molecular formula is C22H14BrClN4O5. The summed E-state index contributed by atoms with van der Waals surface area (Å²) < 4.78 is 6.64. The zero-order valence-electron chi connectivity index (χ0n) is 16.7. The fraction of sp³-hybridized carbons (Fsp3) is 0.0455. The zero-order valence-corrected chi connectivity index (χ0v) is 19.0. The number of ether oxygens (including phenoxy) is 1. The van der Waals surface area contributed by atoms with Gasteiger partial charge >= 0.3 is 11.4 Å². The molecule has 0 radical (unpaired) electrons. The molecule has 1 heterocycles. The normalized spacial score (nSPS) is 11.2. The van der Waals surface area contributed by atoms with E-state index in [9.17, 15) is 19.7 Å². The number of nitrogens with zero attached hydrogens (tertiary/aromatic N) is 3. The van der Waals surface area contributed by atoms with Gasteiger partial charge in [0.1, 0.15) is 6.61 Å². The smallest absolute Gasteiger partial charge is 0.349 e. The van der Waals surface area contributed by atoms with Gasteiger partial charge in [0.15, 0.2) is 0 Å². The highest BCUT2D eigenvalue weighted by Crippen LogP contribution is 2.36. The van der Waals surface area contributed by atoms with Gasteiger partial charge in [0.2, 0.25) is 5.75 Å². The lowest BCUT2D eigenvalue weighted by Crippen LogP contribution is -2.32. The molecule has 0 unspecified atom stereocenters. The predicted octanol–water partition coefficient (Wildman–Crippen LogP) is 4.48. The van der Waals surface area contributed by atoms with Crippen molar-refractivity contribution in [3.63, 3.8) is 0 Å². The monoisotopic (exact) mass is 528 g/mol. The molecule has 0 aliphatic rings. The van der Waals surface area contributed by atoms with Crippen LogP contribution in [0.2, 0.25) is 5.02 Å². The first-order valence-electron chi connectivity index (χ1n) is 9.47. The van der Waals surface area contributed by atoms with Crippen LogP contribution < -0.4 is 16.0 Å². The molecule has 33 heavy (non-hydrogen) atoms. The third kappa shape index (κ3) is 4.86. The lowest BCUT2D eigenvalue weighted by molar-refractivity contribution is -0.386. The fourth-order valence-corrected chi connectivity index (χ4v) is 3.78. The first-order valence-corrected chi connectivity index (χ1v) is 10.6. The van der Waals surface area contributed by atoms with E-state index in [1.165, 1.54) is 18.3 Å². The SMILES string of the molecule is O=c1[nH]c2ccccc2c(=O)n1N=Cc1cc(Br)c(OCc2ccc(Cl)cc2)c([N+](=O)[O-])c1. The number of benzene rings is 3. The number of hydrogen-bond donors (Lipinski definition) is 1. The number of nitro benzene ring substituents is 1. The van der Waals surface area contributed by atoms with Gasteiger partial charge in [-0.05, 0) is 51.8 Å². The molecule has 1 aromatic heterocycles. The van der Waals surface area contributed by atoms with Gasteiger partial charge in [-0.3, -0.25) is 14.9 Å². The van der Waals surface area contributed by atoms with E-state index in [-0.39, 0.29) is 29.0 Å². The van der Waals surface area contributed by atoms with Crippen molar-refractivity contribution in [2.75, 3.05) is 0 Å². The Labute approximate surface area is 199 Å². The molecule has 1 N–H and O–H groups in total. The summed E-state index contributed by atoms with van der Waals surface area (Å²) in [6, 6.07) is 16.2. The number of hydrogen-bond acceptors (Lipinski definition) is 6. The van der Waals surface area contributed by atoms with Crippen molar-refractivity contribution in [2.24, 2.45) is 5.10 Å². The van der Waals surface area contributed by atoms with Crippen LogP contribution in [0.3, 0.4) is 0 Å². The van der Waals surface area contributed by atoms with Crippen LogP contribution in [0.1, 0.15) is 11.1 Å². The maximum absolute atomic E-state index is 12.6. The Morgan fingerprint density at radius 3 is 2.61 bits per heavy atom. The average molecular weight is 530 g/mol. The Kier molecular flexibility index (Phi) is 6.38. The van der Waals surface area contributed by atoms with Crippen LogP contribution >= 0.6 is 27.5 Å². The molecule has 4 rings (SSSR count). The minimum Gasteiger partial charge on any atom is -0.481 e. The standard InChI is InChI=1S/C22H14BrClN4O5/c23-17-9-14(11-25-27-21(29)16-3-1-2-4-18(16)26-22(27)30)10-19(28(31)32)20(17)33-12-13-5-7-15(24)8-6-13/h1-11H,12H2,(H,26,30). The minimum atomic E-state index is -0.730. The topological polar surface area (TPSA) is 120 Å². The van der Waals surface area contributed by atoms with Crippen LogP contribution in [0.25, 0.3) is 10.9 Å². The van der Waals surface area contributed by atoms with Crippen LogP contribution in [0.4, 0.5) is 5.69 Å². The Morgan fingerprint density at radius 1 is 1.15 bits per heavy atom. The summed E-state index contributed by atoms with van der Waals surface area (Å²) in [7, 11) is 0. The summed E-state index contributed by atoms with van der Waals surface area (Å²) in [4.78, 5) is 38.5. The van der Waals surface area contributed by atoms with Crippen molar-refractivity contribution >= 4 is 50.3 Å². The van der Waals surface area contributed by atoms with Gasteiger partial charge in [-0.25, -0.2) is 4.79 Å². The van der Waals surface area contributed by atoms with Crippen LogP contribution in [0, 0.1) is 10.1 Å². The predicted molar refractivity (Wildman–Crippen MR) is 128 cm³/mol. The van der Waals surface area contributed by atoms with E-state index in [0.29, 0.717) is 19.7 Å². The van der Waals surface area contributed by atoms with E-state index in [2.05, 4.69) is 26.0 Å². The number of halogens is 2. The van der Waals surface area contributed by atoms with Crippen LogP contribution in [0.5, 0.6) is 5.75 Å². The molecule has 0 bridgehead atoms. The van der Waals surface area contributed by atoms with Crippen molar-refractivity contribution in [2.45, 2.75) is 6.61 Å². The Balaban J connectivity index is 1.67. The van der Waals surface area contributed by atoms with Crippen LogP contribution in [-0.2, 0) is 6.61 Å². The third-order valence-corrected chi connectivity index (χ3v) is 5.49. The number of H-pyrrole nitrogens is 1. The summed E-state index contributed by atoms with van der Waals surface area (Å²) in [5, 5.41) is 16.4. The van der Waals surface area contributed by atoms with Crippen molar-refractivity contribution in [1.82, 2.24) is 9.66 Å². The molecule has 11 heteroatoms. The maximum atomic E-state index is 12.6. The summed E-state index contributed by atoms with van der Waals surface area (Å²) in [5.74, 6) is 0.0350. The van der Waals surface area contributed by atoms with Crippen molar-refractivity contribution in [3.05, 3.63) is 112 Å². The Morgan fingerprint density at radius 2 is 1.88 bits per heavy atom. The number of nitrogens with one attached hydrogen (secondary N) is 1. The van der Waals surface area contributed by atoms with Gasteiger partial charge in [0.25, 0.3) is 5.56 Å². The van der Waals surface area contributed by atoms with Gasteiger partial charge in [-0.1, -0.05) is 35.9 Å². The second-order valence-corrected chi connectivity index (χ2v) is 8.15. The quantitative estimate of drug-likeness (QED) is 0.224. The number of aromatic amines is 1. The molecule has 0 saturated carbocycles. The maximum Gasteiger partial charge on any atom is 0.349 e. The number of rotatable bonds is 6. The van der Waals surface area contributed by atoms with E-state index in [4.69, 9.17) is 16.3 Å². The molecule has 3 aromatic carbocycles. The van der Waals surface area contributed by atoms with Crippen molar-refractivity contribution in [3.8, 4) is 5.75 Å². The van der Waals surface area contributed by atoms with Crippen LogP contribution in [0.15, 0.2) is 79.8 Å². The highest BCUT2D eigenvalue weighted by molar-refractivity contribution is 9.10. The molecule has 4 aromatic rings. The highest BCUT2D eigenvalue weighted by atomic mass is 79.9. The number of para-hydroxylation sites is 1. The molecule has 0 amide bonds. The Bertz CT molecular complexity index is 1510. The highest BCUT2D eigenvalue weighted by Gasteiger charge is 2.20. The van der Waals surface area contributed by atoms with Gasteiger partial charge in [0, 0.05) is 16.7 Å². The Hall–Kier alpha value is -3.76. The van der Waals surface area contributed by atoms with Gasteiger partial charge < -0.3 is 9.72 Å². The molecule has 0 aliphatic carbocycles. The molecule has 0 spiro atoms. The molecule has 166 valence electrons. The fourth-order valence-electron chi connectivity index (χ4n) is 3.07. The van der Waals surface area contributed by atoms with Gasteiger partial charge in [0.05, 0.1) is 26.5 Å². The first-order chi connectivity index (χ1) is 15.8. The van der Waals surface area contributed by atoms with Crippen LogP contribution in [-0.4, -0.2) is 20.8 Å². The molecule has 0 fully saturated rings. The van der Waals surface area contributed by atoms with E-state index in [1.807, 2.05) is 0 Å². The van der Waals surface area contributed by atoms with Crippen molar-refractivity contribution in [1.29, 1.82) is 0 Å². The third-order valence-electron chi connectivity index (χ3n) is 4.65. The molecular weight excluding hydrogens is 516 g/mol. The van der Waals surface area contributed by atoms with Gasteiger partial charge in [-0.15, -0.1) is 4.68 Å². The van der Waals surface area contributed by atoms with Crippen molar-refractivity contribution < 1.29 is 9.66 Å². The van der Waals surface area contributed by atoms with Gasteiger partial charge in [-0.2, -0.15) is 5.10 Å². The average Bonchev–Trinajstić information content (AvgIpc) is 2.79. The summed E-state index contributed by atoms with van der Waals surface area (Å²) in [5.41, 5.74) is -0.194. The molecule has 0 atom stereocenters. The summed E-state index contributed by atoms with van der Waals surface area (Å²) in [6.45, 7) is 0.0892. The number of fused-ring (bicyclic) bond motifs is 1. The molecule has 0 saturated heterocycles. The lowest BCUT2D eigenvalue weighted by Gasteiger charge is -2.10. The van der Waals surface area contributed by atoms with E-state index < -0.39 is 16.2 Å². The number of aromatic nitrogens is 2. The molecule has 9 nitrogen and oxygen atoms in total. The molecule has 0 aliphatic heterocycles. The first kappa shape index (κ1) is 22.4. The largest absolute Gasteiger partial charge is 0.481 e. The second kappa shape index (κ2) is 9.39. The summed E-state index contributed by atoms with van der Waals surface area (Å²) >= 11 is 9.16. The van der Waals surface area contributed by atoms with E-state index in [0.717, 1.165) is 5.56 Å². The number of nitro groups is 1. The minimum absolute atomic E-state index is 0.0350. The summed E-state index contributed by atoms with van der Waals surface area (Å²) in [6.07, 6.45) is 1.19. The van der Waals surface area contributed by atoms with E-state index >= 15 is 0 Å². The lowest BCUT2D eigenvalue weighted by atomic mass is 10.2. The zero-order chi connectivity index (χ0) is 23.5. The van der Waals surface area contributed by atoms with E-state index in [1.54, 1.807) is 48.5 Å².